The molecular weight excluding hydrogens is 294 g/mol. The number of rotatable bonds is 5. The van der Waals surface area contributed by atoms with E-state index in [0.29, 0.717) is 5.89 Å². The quantitative estimate of drug-likeness (QED) is 0.829. The molecule has 0 amide bonds. The van der Waals surface area contributed by atoms with Gasteiger partial charge in [0, 0.05) is 12.3 Å². The molecule has 19 heavy (non-hydrogen) atoms. The van der Waals surface area contributed by atoms with E-state index in [1.54, 1.807) is 6.92 Å². The van der Waals surface area contributed by atoms with Crippen LogP contribution in [0.15, 0.2) is 20.9 Å². The van der Waals surface area contributed by atoms with Crippen LogP contribution in [-0.2, 0) is 16.6 Å². The molecule has 0 bridgehead atoms. The molecule has 0 saturated carbocycles. The molecule has 2 rings (SSSR count). The molecule has 2 N–H and O–H groups in total. The number of thiophene rings is 1. The number of carboxylic acids is 1. The smallest absolute Gasteiger partial charge is 0.345 e. The van der Waals surface area contributed by atoms with E-state index in [0.717, 1.165) is 17.4 Å². The maximum Gasteiger partial charge on any atom is 0.345 e. The molecule has 10 heteroatoms. The SMILES string of the molecule is Cc1nc(CNS(=O)(=O)c2csc(C(=O)O)c2)no1. The molecule has 0 radical (unpaired) electrons. The minimum absolute atomic E-state index is 0.0456. The fourth-order valence-electron chi connectivity index (χ4n) is 1.23. The first-order chi connectivity index (χ1) is 8.88. The number of nitrogens with one attached hydrogen (secondary N) is 1. The van der Waals surface area contributed by atoms with Gasteiger partial charge >= 0.3 is 5.97 Å². The van der Waals surface area contributed by atoms with E-state index < -0.39 is 16.0 Å². The van der Waals surface area contributed by atoms with E-state index in [1.165, 1.54) is 5.38 Å². The Labute approximate surface area is 112 Å². The van der Waals surface area contributed by atoms with Crippen molar-refractivity contribution in [2.75, 3.05) is 0 Å². The molecule has 0 atom stereocenters. The number of hydrogen-bond acceptors (Lipinski definition) is 7. The first-order valence-corrected chi connectivity index (χ1v) is 7.35. The number of nitrogens with zero attached hydrogens (tertiary/aromatic N) is 2. The molecule has 0 saturated heterocycles. The molecule has 0 aliphatic heterocycles. The van der Waals surface area contributed by atoms with Crippen LogP contribution >= 0.6 is 11.3 Å². The first-order valence-electron chi connectivity index (χ1n) is 4.99. The Hall–Kier alpha value is -1.78. The topological polar surface area (TPSA) is 122 Å². The van der Waals surface area contributed by atoms with Crippen molar-refractivity contribution in [1.29, 1.82) is 0 Å². The van der Waals surface area contributed by atoms with Crippen molar-refractivity contribution in [1.82, 2.24) is 14.9 Å². The maximum atomic E-state index is 11.9. The first kappa shape index (κ1) is 13.6. The Morgan fingerprint density at radius 3 is 2.84 bits per heavy atom. The second-order valence-corrected chi connectivity index (χ2v) is 6.18. The highest BCUT2D eigenvalue weighted by molar-refractivity contribution is 7.89. The predicted molar refractivity (Wildman–Crippen MR) is 64.3 cm³/mol. The second-order valence-electron chi connectivity index (χ2n) is 3.51. The highest BCUT2D eigenvalue weighted by Crippen LogP contribution is 2.19. The highest BCUT2D eigenvalue weighted by Gasteiger charge is 2.19. The van der Waals surface area contributed by atoms with Crippen LogP contribution in [0, 0.1) is 6.92 Å². The van der Waals surface area contributed by atoms with E-state index >= 15 is 0 Å². The van der Waals surface area contributed by atoms with Crippen LogP contribution in [0.2, 0.25) is 0 Å². The van der Waals surface area contributed by atoms with Crippen LogP contribution in [0.5, 0.6) is 0 Å². The van der Waals surface area contributed by atoms with Crippen molar-refractivity contribution in [3.8, 4) is 0 Å². The van der Waals surface area contributed by atoms with E-state index in [1.807, 2.05) is 0 Å². The molecule has 8 nitrogen and oxygen atoms in total. The van der Waals surface area contributed by atoms with Crippen molar-refractivity contribution in [3.05, 3.63) is 28.0 Å². The number of carbonyl (C=O) groups is 1. The largest absolute Gasteiger partial charge is 0.477 e. The minimum atomic E-state index is -3.79. The van der Waals surface area contributed by atoms with E-state index in [4.69, 9.17) is 9.63 Å². The summed E-state index contributed by atoms with van der Waals surface area (Å²) >= 11 is 0.842. The highest BCUT2D eigenvalue weighted by atomic mass is 32.2. The van der Waals surface area contributed by atoms with Crippen LogP contribution < -0.4 is 4.72 Å². The normalized spacial score (nSPS) is 11.6. The van der Waals surface area contributed by atoms with Gasteiger partial charge in [-0.05, 0) is 6.07 Å². The molecule has 0 unspecified atom stereocenters. The summed E-state index contributed by atoms with van der Waals surface area (Å²) in [6.45, 7) is 1.46. The minimum Gasteiger partial charge on any atom is -0.477 e. The lowest BCUT2D eigenvalue weighted by molar-refractivity contribution is 0.0702. The molecule has 2 aromatic rings. The number of hydrogen-bond donors (Lipinski definition) is 2. The van der Waals surface area contributed by atoms with E-state index in [2.05, 4.69) is 14.9 Å². The van der Waals surface area contributed by atoms with Gasteiger partial charge in [-0.25, -0.2) is 17.9 Å². The third-order valence-corrected chi connectivity index (χ3v) is 4.53. The van der Waals surface area contributed by atoms with Crippen LogP contribution in [0.25, 0.3) is 0 Å². The third kappa shape index (κ3) is 3.16. The van der Waals surface area contributed by atoms with Crippen LogP contribution in [0.4, 0.5) is 0 Å². The van der Waals surface area contributed by atoms with Gasteiger partial charge in [0.2, 0.25) is 15.9 Å². The summed E-state index contributed by atoms with van der Waals surface area (Å²) in [6, 6.07) is 1.09. The summed E-state index contributed by atoms with van der Waals surface area (Å²) in [5.74, 6) is -0.632. The molecule has 0 fully saturated rings. The monoisotopic (exact) mass is 303 g/mol. The molecule has 2 aromatic heterocycles. The molecule has 2 heterocycles. The number of aromatic carboxylic acids is 1. The summed E-state index contributed by atoms with van der Waals surface area (Å²) in [5, 5.41) is 13.5. The predicted octanol–water partition coefficient (Wildman–Crippen LogP) is 0.616. The zero-order chi connectivity index (χ0) is 14.0. The zero-order valence-corrected chi connectivity index (χ0v) is 11.3. The van der Waals surface area contributed by atoms with Crippen molar-refractivity contribution < 1.29 is 22.8 Å². The summed E-state index contributed by atoms with van der Waals surface area (Å²) < 4.78 is 30.7. The Bertz CT molecular complexity index is 703. The summed E-state index contributed by atoms with van der Waals surface area (Å²) in [7, 11) is -3.79. The molecule has 0 aromatic carbocycles. The van der Waals surface area contributed by atoms with Gasteiger partial charge in [0.15, 0.2) is 5.82 Å². The average molecular weight is 303 g/mol. The standard InChI is InChI=1S/C9H9N3O5S2/c1-5-11-8(12-17-5)3-10-19(15,16)6-2-7(9(13)14)18-4-6/h2,4,10H,3H2,1H3,(H,13,14). The van der Waals surface area contributed by atoms with Gasteiger partial charge in [-0.15, -0.1) is 11.3 Å². The summed E-state index contributed by atoms with van der Waals surface area (Å²) in [6.07, 6.45) is 0. The fraction of sp³-hybridized carbons (Fsp3) is 0.222. The lowest BCUT2D eigenvalue weighted by atomic mass is 10.5. The molecule has 0 spiro atoms. The number of carboxylic acid groups (broad SMARTS) is 1. The lowest BCUT2D eigenvalue weighted by Gasteiger charge is -2.01. The fourth-order valence-corrected chi connectivity index (χ4v) is 3.32. The van der Waals surface area contributed by atoms with Crippen molar-refractivity contribution >= 4 is 27.3 Å². The Kier molecular flexibility index (Phi) is 3.64. The third-order valence-electron chi connectivity index (χ3n) is 2.09. The maximum absolute atomic E-state index is 11.9. The number of aryl methyl sites for hydroxylation is 1. The van der Waals surface area contributed by atoms with E-state index in [-0.39, 0.29) is 22.1 Å². The summed E-state index contributed by atoms with van der Waals surface area (Å²) in [5.41, 5.74) is 0. The van der Waals surface area contributed by atoms with Gasteiger partial charge in [0.1, 0.15) is 4.88 Å². The number of sulfonamides is 1. The average Bonchev–Trinajstić information content (AvgIpc) is 2.95. The van der Waals surface area contributed by atoms with Gasteiger partial charge in [0.05, 0.1) is 11.4 Å². The summed E-state index contributed by atoms with van der Waals surface area (Å²) in [4.78, 5) is 14.4. The van der Waals surface area contributed by atoms with Crippen LogP contribution in [0.3, 0.4) is 0 Å². The van der Waals surface area contributed by atoms with Gasteiger partial charge in [-0.3, -0.25) is 0 Å². The van der Waals surface area contributed by atoms with Crippen molar-refractivity contribution in [2.45, 2.75) is 18.4 Å². The Balaban J connectivity index is 2.11. The second kappa shape index (κ2) is 5.07. The zero-order valence-electron chi connectivity index (χ0n) is 9.65. The van der Waals surface area contributed by atoms with Gasteiger partial charge < -0.3 is 9.63 Å². The van der Waals surface area contributed by atoms with Gasteiger partial charge in [-0.2, -0.15) is 4.98 Å². The van der Waals surface area contributed by atoms with Crippen molar-refractivity contribution in [3.63, 3.8) is 0 Å². The Morgan fingerprint density at radius 2 is 2.32 bits per heavy atom. The lowest BCUT2D eigenvalue weighted by Crippen LogP contribution is -2.23. The Morgan fingerprint density at radius 1 is 1.58 bits per heavy atom. The van der Waals surface area contributed by atoms with Gasteiger partial charge in [0.25, 0.3) is 0 Å². The number of aromatic nitrogens is 2. The van der Waals surface area contributed by atoms with Crippen LogP contribution in [0.1, 0.15) is 21.4 Å². The molecule has 0 aliphatic carbocycles. The molecular formula is C9H9N3O5S2. The van der Waals surface area contributed by atoms with Crippen molar-refractivity contribution in [2.24, 2.45) is 0 Å². The molecule has 102 valence electrons. The van der Waals surface area contributed by atoms with Gasteiger partial charge in [-0.1, -0.05) is 5.16 Å². The van der Waals surface area contributed by atoms with Crippen LogP contribution in [-0.4, -0.2) is 29.6 Å². The van der Waals surface area contributed by atoms with E-state index in [9.17, 15) is 13.2 Å². The molecule has 0 aliphatic rings.